The van der Waals surface area contributed by atoms with Gasteiger partial charge >= 0.3 is 5.97 Å². The molecule has 3 nitrogen and oxygen atoms in total. The van der Waals surface area contributed by atoms with Crippen molar-refractivity contribution in [1.29, 1.82) is 0 Å². The second-order valence-electron chi connectivity index (χ2n) is 4.71. The molecule has 1 aromatic rings. The van der Waals surface area contributed by atoms with Crippen LogP contribution in [0.1, 0.15) is 36.7 Å². The van der Waals surface area contributed by atoms with Crippen LogP contribution in [-0.2, 0) is 16.6 Å². The molecule has 0 fully saturated rings. The van der Waals surface area contributed by atoms with Crippen molar-refractivity contribution in [3.8, 4) is 0 Å². The number of carbonyl (C=O) groups is 1. The first-order valence-corrected chi connectivity index (χ1v) is 6.44. The molecule has 1 N–H and O–H groups in total. The summed E-state index contributed by atoms with van der Waals surface area (Å²) in [5.41, 5.74) is 0.186. The first-order valence-electron chi connectivity index (χ1n) is 5.12. The van der Waals surface area contributed by atoms with Gasteiger partial charge in [0.15, 0.2) is 0 Å². The Bertz CT molecular complexity index is 463. The molecular formula is C12H15FO3S. The Hall–Kier alpha value is -1.23. The third-order valence-electron chi connectivity index (χ3n) is 2.26. The van der Waals surface area contributed by atoms with E-state index in [0.717, 1.165) is 6.07 Å². The van der Waals surface area contributed by atoms with E-state index in [1.807, 2.05) is 0 Å². The lowest BCUT2D eigenvalue weighted by molar-refractivity contribution is 0.0696. The van der Waals surface area contributed by atoms with E-state index in [9.17, 15) is 13.4 Å². The van der Waals surface area contributed by atoms with Crippen LogP contribution in [-0.4, -0.2) is 20.0 Å². The minimum absolute atomic E-state index is 0.00677. The lowest BCUT2D eigenvalue weighted by Gasteiger charge is -2.18. The number of carboxylic acid groups (broad SMARTS) is 1. The van der Waals surface area contributed by atoms with Gasteiger partial charge in [-0.25, -0.2) is 9.18 Å². The van der Waals surface area contributed by atoms with Crippen LogP contribution in [0.5, 0.6) is 0 Å². The molecule has 0 radical (unpaired) electrons. The predicted octanol–water partition coefficient (Wildman–Crippen LogP) is 2.57. The van der Waals surface area contributed by atoms with Crippen molar-refractivity contribution < 1.29 is 18.5 Å². The summed E-state index contributed by atoms with van der Waals surface area (Å²) in [6.45, 7) is 5.38. The topological polar surface area (TPSA) is 54.4 Å². The number of carboxylic acids is 1. The standard InChI is InChI=1S/C12H15FO3S/c1-12(2,3)17(16)7-9-6-8(11(14)15)4-5-10(9)13/h4-6H,7H2,1-3H3,(H,14,15). The quantitative estimate of drug-likeness (QED) is 0.906. The molecule has 5 heteroatoms. The van der Waals surface area contributed by atoms with Gasteiger partial charge in [0, 0.05) is 21.1 Å². The van der Waals surface area contributed by atoms with E-state index in [1.54, 1.807) is 20.8 Å². The van der Waals surface area contributed by atoms with Gasteiger partial charge in [0.05, 0.1) is 11.3 Å². The molecule has 0 saturated heterocycles. The van der Waals surface area contributed by atoms with Gasteiger partial charge in [-0.05, 0) is 39.0 Å². The SMILES string of the molecule is CC(C)(C)S(=O)Cc1cc(C(=O)O)ccc1F. The Morgan fingerprint density at radius 1 is 1.41 bits per heavy atom. The van der Waals surface area contributed by atoms with Gasteiger partial charge < -0.3 is 5.11 Å². The van der Waals surface area contributed by atoms with Crippen LogP contribution in [0, 0.1) is 5.82 Å². The normalized spacial score (nSPS) is 13.4. The number of hydrogen-bond donors (Lipinski definition) is 1. The summed E-state index contributed by atoms with van der Waals surface area (Å²) >= 11 is 0. The lowest BCUT2D eigenvalue weighted by atomic mass is 10.1. The van der Waals surface area contributed by atoms with Crippen LogP contribution >= 0.6 is 0 Å². The first-order chi connectivity index (χ1) is 7.71. The van der Waals surface area contributed by atoms with Crippen molar-refractivity contribution in [1.82, 2.24) is 0 Å². The molecule has 17 heavy (non-hydrogen) atoms. The second-order valence-corrected chi connectivity index (χ2v) is 6.92. The van der Waals surface area contributed by atoms with E-state index in [4.69, 9.17) is 5.11 Å². The van der Waals surface area contributed by atoms with E-state index < -0.39 is 27.3 Å². The summed E-state index contributed by atoms with van der Waals surface area (Å²) in [5, 5.41) is 8.80. The Kier molecular flexibility index (Phi) is 4.03. The summed E-state index contributed by atoms with van der Waals surface area (Å²) < 4.78 is 24.9. The highest BCUT2D eigenvalue weighted by Crippen LogP contribution is 2.19. The number of hydrogen-bond acceptors (Lipinski definition) is 2. The van der Waals surface area contributed by atoms with E-state index in [2.05, 4.69) is 0 Å². The fraction of sp³-hybridized carbons (Fsp3) is 0.417. The third kappa shape index (κ3) is 3.63. The molecule has 1 unspecified atom stereocenters. The maximum Gasteiger partial charge on any atom is 0.335 e. The summed E-state index contributed by atoms with van der Waals surface area (Å²) in [7, 11) is -1.25. The van der Waals surface area contributed by atoms with Crippen molar-refractivity contribution in [3.05, 3.63) is 35.1 Å². The molecule has 94 valence electrons. The molecule has 1 atom stereocenters. The predicted molar refractivity (Wildman–Crippen MR) is 65.0 cm³/mol. The molecule has 0 aliphatic heterocycles. The van der Waals surface area contributed by atoms with Gasteiger partial charge in [-0.2, -0.15) is 0 Å². The van der Waals surface area contributed by atoms with Crippen LogP contribution in [0.2, 0.25) is 0 Å². The van der Waals surface area contributed by atoms with Crippen LogP contribution in [0.15, 0.2) is 18.2 Å². The van der Waals surface area contributed by atoms with Gasteiger partial charge in [-0.3, -0.25) is 4.21 Å². The summed E-state index contributed by atoms with van der Waals surface area (Å²) in [4.78, 5) is 10.7. The highest BCUT2D eigenvalue weighted by Gasteiger charge is 2.21. The largest absolute Gasteiger partial charge is 0.478 e. The number of halogens is 1. The summed E-state index contributed by atoms with van der Waals surface area (Å²) in [5.74, 6) is -1.61. The molecule has 0 aromatic heterocycles. The van der Waals surface area contributed by atoms with Crippen LogP contribution < -0.4 is 0 Å². The fourth-order valence-electron chi connectivity index (χ4n) is 1.18. The van der Waals surface area contributed by atoms with E-state index >= 15 is 0 Å². The van der Waals surface area contributed by atoms with Gasteiger partial charge in [-0.1, -0.05) is 0 Å². The van der Waals surface area contributed by atoms with E-state index in [0.29, 0.717) is 0 Å². The maximum absolute atomic E-state index is 13.5. The zero-order valence-corrected chi connectivity index (χ0v) is 10.8. The van der Waals surface area contributed by atoms with Crippen molar-refractivity contribution in [2.75, 3.05) is 0 Å². The number of aromatic carboxylic acids is 1. The molecule has 1 aromatic carbocycles. The molecule has 0 heterocycles. The third-order valence-corrected chi connectivity index (χ3v) is 4.20. The number of benzene rings is 1. The molecule has 0 aliphatic rings. The lowest BCUT2D eigenvalue weighted by Crippen LogP contribution is -2.23. The van der Waals surface area contributed by atoms with Crippen LogP contribution in [0.4, 0.5) is 4.39 Å². The Balaban J connectivity index is 3.02. The van der Waals surface area contributed by atoms with Gasteiger partial charge in [0.25, 0.3) is 0 Å². The summed E-state index contributed by atoms with van der Waals surface area (Å²) in [6, 6.07) is 3.53. The first kappa shape index (κ1) is 13.8. The zero-order valence-electron chi connectivity index (χ0n) is 9.99. The zero-order chi connectivity index (χ0) is 13.2. The minimum atomic E-state index is -1.25. The fourth-order valence-corrected chi connectivity index (χ4v) is 2.11. The van der Waals surface area contributed by atoms with Crippen molar-refractivity contribution in [2.24, 2.45) is 0 Å². The molecule has 0 aliphatic carbocycles. The highest BCUT2D eigenvalue weighted by atomic mass is 32.2. The van der Waals surface area contributed by atoms with Gasteiger partial charge in [-0.15, -0.1) is 0 Å². The van der Waals surface area contributed by atoms with Crippen molar-refractivity contribution >= 4 is 16.8 Å². The molecule has 0 amide bonds. The average Bonchev–Trinajstić information content (AvgIpc) is 2.19. The van der Waals surface area contributed by atoms with E-state index in [-0.39, 0.29) is 16.9 Å². The smallest absolute Gasteiger partial charge is 0.335 e. The van der Waals surface area contributed by atoms with Crippen molar-refractivity contribution in [2.45, 2.75) is 31.3 Å². The highest BCUT2D eigenvalue weighted by molar-refractivity contribution is 7.85. The Morgan fingerprint density at radius 3 is 2.47 bits per heavy atom. The average molecular weight is 258 g/mol. The molecule has 0 bridgehead atoms. The number of rotatable bonds is 3. The van der Waals surface area contributed by atoms with Gasteiger partial charge in [0.2, 0.25) is 0 Å². The summed E-state index contributed by atoms with van der Waals surface area (Å²) in [6.07, 6.45) is 0. The minimum Gasteiger partial charge on any atom is -0.478 e. The molecule has 1 rings (SSSR count). The van der Waals surface area contributed by atoms with Crippen molar-refractivity contribution in [3.63, 3.8) is 0 Å². The van der Waals surface area contributed by atoms with Crippen LogP contribution in [0.25, 0.3) is 0 Å². The van der Waals surface area contributed by atoms with E-state index in [1.165, 1.54) is 12.1 Å². The Labute approximate surface area is 102 Å². The van der Waals surface area contributed by atoms with Gasteiger partial charge in [0.1, 0.15) is 5.82 Å². The molecule has 0 saturated carbocycles. The second kappa shape index (κ2) is 4.96. The van der Waals surface area contributed by atoms with Crippen LogP contribution in [0.3, 0.4) is 0 Å². The maximum atomic E-state index is 13.5. The molecule has 0 spiro atoms. The monoisotopic (exact) mass is 258 g/mol. The Morgan fingerprint density at radius 2 is 2.00 bits per heavy atom. The molecular weight excluding hydrogens is 243 g/mol.